The molecule has 0 aliphatic heterocycles. The van der Waals surface area contributed by atoms with Gasteiger partial charge in [-0.05, 0) is 40.2 Å². The summed E-state index contributed by atoms with van der Waals surface area (Å²) in [6, 6.07) is 9.50. The number of carbonyl (C=O) groups excluding carboxylic acids is 1. The van der Waals surface area contributed by atoms with Crippen LogP contribution in [0.25, 0.3) is 5.52 Å². The standard InChI is InChI=1S/C14H11BrN4O/c15-11-5-10(7-16-8-11)14(20)17-9-12-6-13-3-1-2-4-19(13)18-12/h1-8H,9H2,(H,17,20). The van der Waals surface area contributed by atoms with Crippen molar-refractivity contribution in [2.75, 3.05) is 0 Å². The minimum absolute atomic E-state index is 0.171. The molecule has 3 aromatic heterocycles. The third-order valence-electron chi connectivity index (χ3n) is 2.82. The molecule has 3 rings (SSSR count). The Morgan fingerprint density at radius 3 is 3.00 bits per heavy atom. The second kappa shape index (κ2) is 5.42. The van der Waals surface area contributed by atoms with E-state index in [4.69, 9.17) is 0 Å². The van der Waals surface area contributed by atoms with Crippen molar-refractivity contribution in [3.05, 3.63) is 64.7 Å². The van der Waals surface area contributed by atoms with Crippen LogP contribution in [-0.4, -0.2) is 20.5 Å². The van der Waals surface area contributed by atoms with Gasteiger partial charge < -0.3 is 5.32 Å². The van der Waals surface area contributed by atoms with Gasteiger partial charge in [0, 0.05) is 23.1 Å². The minimum atomic E-state index is -0.171. The average molecular weight is 331 g/mol. The summed E-state index contributed by atoms with van der Waals surface area (Å²) >= 11 is 3.29. The van der Waals surface area contributed by atoms with E-state index in [9.17, 15) is 4.79 Å². The number of carbonyl (C=O) groups is 1. The van der Waals surface area contributed by atoms with Crippen LogP contribution < -0.4 is 5.32 Å². The van der Waals surface area contributed by atoms with Gasteiger partial charge in [-0.3, -0.25) is 9.78 Å². The zero-order chi connectivity index (χ0) is 13.9. The van der Waals surface area contributed by atoms with Gasteiger partial charge in [-0.25, -0.2) is 4.52 Å². The van der Waals surface area contributed by atoms with Gasteiger partial charge in [-0.2, -0.15) is 5.10 Å². The molecule has 1 amide bonds. The zero-order valence-corrected chi connectivity index (χ0v) is 12.0. The van der Waals surface area contributed by atoms with Crippen LogP contribution in [0, 0.1) is 0 Å². The molecule has 0 saturated carbocycles. The Morgan fingerprint density at radius 2 is 2.20 bits per heavy atom. The molecule has 6 heteroatoms. The minimum Gasteiger partial charge on any atom is -0.346 e. The summed E-state index contributed by atoms with van der Waals surface area (Å²) in [5, 5.41) is 7.20. The highest BCUT2D eigenvalue weighted by Crippen LogP contribution is 2.10. The lowest BCUT2D eigenvalue weighted by Gasteiger charge is -2.02. The fourth-order valence-electron chi connectivity index (χ4n) is 1.89. The number of hydrogen-bond donors (Lipinski definition) is 1. The lowest BCUT2D eigenvalue weighted by Crippen LogP contribution is -2.23. The third kappa shape index (κ3) is 2.70. The molecule has 0 aliphatic carbocycles. The summed E-state index contributed by atoms with van der Waals surface area (Å²) in [6.07, 6.45) is 5.04. The molecule has 0 radical (unpaired) electrons. The van der Waals surface area contributed by atoms with Gasteiger partial charge in [0.25, 0.3) is 5.91 Å². The van der Waals surface area contributed by atoms with Crippen LogP contribution >= 0.6 is 15.9 Å². The maximum atomic E-state index is 12.0. The Labute approximate surface area is 123 Å². The number of fused-ring (bicyclic) bond motifs is 1. The molecule has 100 valence electrons. The molecular weight excluding hydrogens is 320 g/mol. The molecule has 0 bridgehead atoms. The van der Waals surface area contributed by atoms with E-state index >= 15 is 0 Å². The van der Waals surface area contributed by atoms with E-state index in [2.05, 4.69) is 31.3 Å². The quantitative estimate of drug-likeness (QED) is 0.802. The first-order chi connectivity index (χ1) is 9.72. The number of aromatic nitrogens is 3. The normalized spacial score (nSPS) is 10.7. The van der Waals surface area contributed by atoms with E-state index < -0.39 is 0 Å². The number of nitrogens with zero attached hydrogens (tertiary/aromatic N) is 3. The van der Waals surface area contributed by atoms with Gasteiger partial charge in [-0.15, -0.1) is 0 Å². The summed E-state index contributed by atoms with van der Waals surface area (Å²) < 4.78 is 2.56. The van der Waals surface area contributed by atoms with Crippen molar-refractivity contribution < 1.29 is 4.79 Å². The smallest absolute Gasteiger partial charge is 0.253 e. The number of amides is 1. The molecule has 3 aromatic rings. The molecule has 0 fully saturated rings. The topological polar surface area (TPSA) is 59.3 Å². The SMILES string of the molecule is O=C(NCc1cc2ccccn2n1)c1cncc(Br)c1. The van der Waals surface area contributed by atoms with Crippen molar-refractivity contribution >= 4 is 27.4 Å². The van der Waals surface area contributed by atoms with Gasteiger partial charge in [0.05, 0.1) is 23.3 Å². The van der Waals surface area contributed by atoms with Gasteiger partial charge in [-0.1, -0.05) is 6.07 Å². The molecule has 20 heavy (non-hydrogen) atoms. The van der Waals surface area contributed by atoms with Crippen LogP contribution in [0.5, 0.6) is 0 Å². The fourth-order valence-corrected chi connectivity index (χ4v) is 2.25. The van der Waals surface area contributed by atoms with Crippen LogP contribution in [0.1, 0.15) is 16.1 Å². The molecule has 0 spiro atoms. The maximum Gasteiger partial charge on any atom is 0.253 e. The average Bonchev–Trinajstić information content (AvgIpc) is 2.87. The molecular formula is C14H11BrN4O. The molecule has 0 aliphatic rings. The first-order valence-electron chi connectivity index (χ1n) is 6.04. The molecule has 1 N–H and O–H groups in total. The fraction of sp³-hybridized carbons (Fsp3) is 0.0714. The Morgan fingerprint density at radius 1 is 1.30 bits per heavy atom. The van der Waals surface area contributed by atoms with Gasteiger partial charge in [0.2, 0.25) is 0 Å². The van der Waals surface area contributed by atoms with Crippen molar-refractivity contribution in [3.63, 3.8) is 0 Å². The van der Waals surface area contributed by atoms with E-state index in [0.29, 0.717) is 12.1 Å². The van der Waals surface area contributed by atoms with Crippen molar-refractivity contribution in [2.24, 2.45) is 0 Å². The first-order valence-corrected chi connectivity index (χ1v) is 6.84. The molecule has 0 saturated heterocycles. The van der Waals surface area contributed by atoms with Gasteiger partial charge >= 0.3 is 0 Å². The number of pyridine rings is 2. The van der Waals surface area contributed by atoms with Gasteiger partial charge in [0.1, 0.15) is 0 Å². The van der Waals surface area contributed by atoms with Gasteiger partial charge in [0.15, 0.2) is 0 Å². The highest BCUT2D eigenvalue weighted by molar-refractivity contribution is 9.10. The summed E-state index contributed by atoms with van der Waals surface area (Å²) in [5.41, 5.74) is 2.33. The van der Waals surface area contributed by atoms with Crippen molar-refractivity contribution in [3.8, 4) is 0 Å². The highest BCUT2D eigenvalue weighted by Gasteiger charge is 2.07. The molecule has 5 nitrogen and oxygen atoms in total. The monoisotopic (exact) mass is 330 g/mol. The predicted octanol–water partition coefficient (Wildman–Crippen LogP) is 2.42. The Hall–Kier alpha value is -2.21. The Bertz CT molecular complexity index is 735. The largest absolute Gasteiger partial charge is 0.346 e. The van der Waals surface area contributed by atoms with E-state index in [1.54, 1.807) is 16.8 Å². The lowest BCUT2D eigenvalue weighted by atomic mass is 10.2. The molecule has 0 aromatic carbocycles. The second-order valence-electron chi connectivity index (χ2n) is 4.28. The number of nitrogens with one attached hydrogen (secondary N) is 1. The number of rotatable bonds is 3. The highest BCUT2D eigenvalue weighted by atomic mass is 79.9. The predicted molar refractivity (Wildman–Crippen MR) is 78.3 cm³/mol. The van der Waals surface area contributed by atoms with Crippen molar-refractivity contribution in [1.82, 2.24) is 19.9 Å². The Balaban J connectivity index is 1.71. The first kappa shape index (κ1) is 12.8. The molecule has 0 unspecified atom stereocenters. The van der Waals surface area contributed by atoms with E-state index in [1.165, 1.54) is 6.20 Å². The van der Waals surface area contributed by atoms with E-state index in [0.717, 1.165) is 15.7 Å². The summed E-state index contributed by atoms with van der Waals surface area (Å²) in [4.78, 5) is 15.9. The summed E-state index contributed by atoms with van der Waals surface area (Å²) in [7, 11) is 0. The number of halogens is 1. The van der Waals surface area contributed by atoms with Crippen LogP contribution in [0.3, 0.4) is 0 Å². The van der Waals surface area contributed by atoms with Crippen LogP contribution in [0.2, 0.25) is 0 Å². The van der Waals surface area contributed by atoms with Crippen LogP contribution in [0.15, 0.2) is 53.4 Å². The van der Waals surface area contributed by atoms with Crippen LogP contribution in [0.4, 0.5) is 0 Å². The van der Waals surface area contributed by atoms with Crippen LogP contribution in [-0.2, 0) is 6.54 Å². The lowest BCUT2D eigenvalue weighted by molar-refractivity contribution is 0.0950. The second-order valence-corrected chi connectivity index (χ2v) is 5.20. The van der Waals surface area contributed by atoms with E-state index in [1.807, 2.05) is 30.5 Å². The molecule has 3 heterocycles. The zero-order valence-electron chi connectivity index (χ0n) is 10.5. The van der Waals surface area contributed by atoms with Crippen molar-refractivity contribution in [1.29, 1.82) is 0 Å². The third-order valence-corrected chi connectivity index (χ3v) is 3.25. The summed E-state index contributed by atoms with van der Waals surface area (Å²) in [6.45, 7) is 0.382. The maximum absolute atomic E-state index is 12.0. The summed E-state index contributed by atoms with van der Waals surface area (Å²) in [5.74, 6) is -0.171. The Kier molecular flexibility index (Phi) is 3.47. The van der Waals surface area contributed by atoms with Crippen molar-refractivity contribution in [2.45, 2.75) is 6.54 Å². The molecule has 0 atom stereocenters. The number of hydrogen-bond acceptors (Lipinski definition) is 3. The van der Waals surface area contributed by atoms with E-state index in [-0.39, 0.29) is 5.91 Å².